The Morgan fingerprint density at radius 2 is 1.74 bits per heavy atom. The topological polar surface area (TPSA) is 97.8 Å². The molecule has 0 radical (unpaired) electrons. The van der Waals surface area contributed by atoms with E-state index >= 15 is 0 Å². The van der Waals surface area contributed by atoms with Crippen molar-refractivity contribution < 1.29 is 14.2 Å². The number of anilines is 1. The van der Waals surface area contributed by atoms with Crippen LogP contribution in [0.15, 0.2) is 46.3 Å². The summed E-state index contributed by atoms with van der Waals surface area (Å²) in [7, 11) is 4.61. The number of fused-ring (bicyclic) bond motifs is 1. The molecule has 3 aromatic rings. The predicted octanol–water partition coefficient (Wildman–Crippen LogP) is 2.82. The number of methoxy groups -OCH3 is 3. The van der Waals surface area contributed by atoms with Crippen LogP contribution in [0.5, 0.6) is 17.2 Å². The van der Waals surface area contributed by atoms with Gasteiger partial charge in [-0.3, -0.25) is 10.2 Å². The second-order valence-electron chi connectivity index (χ2n) is 5.26. The summed E-state index contributed by atoms with van der Waals surface area (Å²) in [4.78, 5) is 19.1. The Hall–Kier alpha value is -3.26. The molecule has 2 N–H and O–H groups in total. The highest BCUT2D eigenvalue weighted by molar-refractivity contribution is 5.85. The van der Waals surface area contributed by atoms with E-state index in [4.69, 9.17) is 14.2 Å². The van der Waals surface area contributed by atoms with Gasteiger partial charge in [0.1, 0.15) is 0 Å². The first-order valence-corrected chi connectivity index (χ1v) is 7.74. The number of aromatic nitrogens is 2. The first kappa shape index (κ1) is 20.1. The molecule has 1 heterocycles. The smallest absolute Gasteiger partial charge is 0.293 e. The average Bonchev–Trinajstić information content (AvgIpc) is 2.67. The molecular weight excluding hydrogens is 372 g/mol. The van der Waals surface area contributed by atoms with Crippen molar-refractivity contribution in [2.45, 2.75) is 0 Å². The van der Waals surface area contributed by atoms with Gasteiger partial charge in [-0.1, -0.05) is 12.1 Å². The molecule has 0 atom stereocenters. The molecule has 0 fully saturated rings. The van der Waals surface area contributed by atoms with E-state index in [0.29, 0.717) is 33.8 Å². The van der Waals surface area contributed by atoms with Crippen molar-refractivity contribution in [3.8, 4) is 17.2 Å². The number of aromatic amines is 1. The molecule has 0 aliphatic heterocycles. The van der Waals surface area contributed by atoms with Crippen LogP contribution in [-0.2, 0) is 0 Å². The van der Waals surface area contributed by atoms with Crippen LogP contribution in [0, 0.1) is 0 Å². The minimum Gasteiger partial charge on any atom is -0.493 e. The molecule has 0 saturated heterocycles. The third-order valence-corrected chi connectivity index (χ3v) is 3.67. The molecule has 0 unspecified atom stereocenters. The van der Waals surface area contributed by atoms with Gasteiger partial charge in [0.05, 0.1) is 38.6 Å². The van der Waals surface area contributed by atoms with Crippen molar-refractivity contribution in [1.29, 1.82) is 0 Å². The highest BCUT2D eigenvalue weighted by Gasteiger charge is 2.12. The molecule has 0 amide bonds. The van der Waals surface area contributed by atoms with Gasteiger partial charge in [0.2, 0.25) is 11.6 Å². The van der Waals surface area contributed by atoms with Gasteiger partial charge in [0.15, 0.2) is 11.5 Å². The van der Waals surface area contributed by atoms with Crippen LogP contribution in [0.4, 0.5) is 5.82 Å². The minimum atomic E-state index is -0.356. The van der Waals surface area contributed by atoms with Crippen LogP contribution in [0.1, 0.15) is 5.56 Å². The molecule has 8 nitrogen and oxygen atoms in total. The molecule has 0 bridgehead atoms. The molecule has 0 aliphatic rings. The van der Waals surface area contributed by atoms with Crippen LogP contribution in [-0.4, -0.2) is 37.5 Å². The summed E-state index contributed by atoms with van der Waals surface area (Å²) in [6.07, 6.45) is 1.53. The lowest BCUT2D eigenvalue weighted by atomic mass is 10.2. The molecule has 1 aromatic heterocycles. The molecule has 2 aromatic carbocycles. The van der Waals surface area contributed by atoms with Crippen LogP contribution >= 0.6 is 12.4 Å². The molecule has 0 spiro atoms. The quantitative estimate of drug-likeness (QED) is 0.496. The number of ether oxygens (including phenoxy) is 3. The molecule has 27 heavy (non-hydrogen) atoms. The van der Waals surface area contributed by atoms with E-state index in [1.807, 2.05) is 12.1 Å². The summed E-state index contributed by atoms with van der Waals surface area (Å²) < 4.78 is 15.9. The maximum Gasteiger partial charge on any atom is 0.293 e. The predicted molar refractivity (Wildman–Crippen MR) is 107 cm³/mol. The molecule has 0 aliphatic carbocycles. The highest BCUT2D eigenvalue weighted by Crippen LogP contribution is 2.37. The number of rotatable bonds is 6. The number of nitrogens with zero attached hydrogens (tertiary/aromatic N) is 2. The maximum absolute atomic E-state index is 12.0. The van der Waals surface area contributed by atoms with Gasteiger partial charge in [0.25, 0.3) is 5.56 Å². The van der Waals surface area contributed by atoms with Crippen LogP contribution in [0.3, 0.4) is 0 Å². The van der Waals surface area contributed by atoms with Gasteiger partial charge in [-0.05, 0) is 24.3 Å². The first-order valence-electron chi connectivity index (χ1n) is 7.74. The van der Waals surface area contributed by atoms with E-state index in [1.54, 1.807) is 24.3 Å². The Labute approximate surface area is 161 Å². The average molecular weight is 391 g/mol. The Balaban J connectivity index is 0.00000261. The standard InChI is InChI=1S/C18H18N4O4.ClH/c1-24-14-8-11(9-15(25-2)16(14)26-3)10-19-22-17-18(23)21-13-7-5-4-6-12(13)20-17;/h4-10H,1-3H3,(H,20,22)(H,21,23);1H/b19-10+;. The van der Waals surface area contributed by atoms with Crippen molar-refractivity contribution in [3.63, 3.8) is 0 Å². The maximum atomic E-state index is 12.0. The fraction of sp³-hybridized carbons (Fsp3) is 0.167. The summed E-state index contributed by atoms with van der Waals surface area (Å²) in [5.41, 5.74) is 4.33. The summed E-state index contributed by atoms with van der Waals surface area (Å²) in [6, 6.07) is 10.7. The van der Waals surface area contributed by atoms with Crippen LogP contribution in [0.2, 0.25) is 0 Å². The fourth-order valence-corrected chi connectivity index (χ4v) is 2.45. The molecular formula is C18H19ClN4O4. The third kappa shape index (κ3) is 4.29. The van der Waals surface area contributed by atoms with Gasteiger partial charge in [-0.25, -0.2) is 4.98 Å². The number of H-pyrrole nitrogens is 1. The molecule has 9 heteroatoms. The number of hydrogen-bond donors (Lipinski definition) is 2. The van der Waals surface area contributed by atoms with Gasteiger partial charge in [-0.15, -0.1) is 12.4 Å². The van der Waals surface area contributed by atoms with Crippen molar-refractivity contribution in [1.82, 2.24) is 9.97 Å². The van der Waals surface area contributed by atoms with Gasteiger partial charge in [0, 0.05) is 5.56 Å². The number of para-hydroxylation sites is 2. The highest BCUT2D eigenvalue weighted by atomic mass is 35.5. The zero-order valence-electron chi connectivity index (χ0n) is 15.0. The number of benzene rings is 2. The Kier molecular flexibility index (Phi) is 6.62. The SMILES string of the molecule is COc1cc(/C=N/Nc2nc3ccccc3[nH]c2=O)cc(OC)c1OC.Cl. The number of hydrogen-bond acceptors (Lipinski definition) is 7. The largest absolute Gasteiger partial charge is 0.493 e. The van der Waals surface area contributed by atoms with E-state index in [2.05, 4.69) is 20.5 Å². The van der Waals surface area contributed by atoms with Gasteiger partial charge < -0.3 is 19.2 Å². The third-order valence-electron chi connectivity index (χ3n) is 3.67. The van der Waals surface area contributed by atoms with Gasteiger partial charge in [-0.2, -0.15) is 5.10 Å². The lowest BCUT2D eigenvalue weighted by molar-refractivity contribution is 0.324. The van der Waals surface area contributed by atoms with Crippen molar-refractivity contribution in [2.75, 3.05) is 26.8 Å². The van der Waals surface area contributed by atoms with E-state index < -0.39 is 0 Å². The summed E-state index contributed by atoms with van der Waals surface area (Å²) in [6.45, 7) is 0. The number of nitrogens with one attached hydrogen (secondary N) is 2. The molecule has 142 valence electrons. The minimum absolute atomic E-state index is 0. The van der Waals surface area contributed by atoms with E-state index in [9.17, 15) is 4.79 Å². The van der Waals surface area contributed by atoms with E-state index in [1.165, 1.54) is 27.5 Å². The summed E-state index contributed by atoms with van der Waals surface area (Å²) >= 11 is 0. The van der Waals surface area contributed by atoms with Crippen molar-refractivity contribution in [3.05, 3.63) is 52.3 Å². The summed E-state index contributed by atoms with van der Waals surface area (Å²) in [5.74, 6) is 1.62. The van der Waals surface area contributed by atoms with E-state index in [-0.39, 0.29) is 23.8 Å². The number of halogens is 1. The lowest BCUT2D eigenvalue weighted by Crippen LogP contribution is -2.13. The second-order valence-corrected chi connectivity index (χ2v) is 5.26. The normalized spacial score (nSPS) is 10.5. The molecule has 3 rings (SSSR count). The zero-order valence-corrected chi connectivity index (χ0v) is 15.8. The molecule has 0 saturated carbocycles. The zero-order chi connectivity index (χ0) is 18.5. The van der Waals surface area contributed by atoms with E-state index in [0.717, 1.165) is 0 Å². The first-order chi connectivity index (χ1) is 12.7. The Bertz CT molecular complexity index is 995. The van der Waals surface area contributed by atoms with Crippen LogP contribution < -0.4 is 25.2 Å². The van der Waals surface area contributed by atoms with Crippen LogP contribution in [0.25, 0.3) is 11.0 Å². The Morgan fingerprint density at radius 3 is 2.37 bits per heavy atom. The number of hydrazone groups is 1. The monoisotopic (exact) mass is 390 g/mol. The van der Waals surface area contributed by atoms with Crippen molar-refractivity contribution in [2.24, 2.45) is 5.10 Å². The lowest BCUT2D eigenvalue weighted by Gasteiger charge is -2.12. The second kappa shape index (κ2) is 8.91. The summed E-state index contributed by atoms with van der Waals surface area (Å²) in [5, 5.41) is 4.08. The fourth-order valence-electron chi connectivity index (χ4n) is 2.45. The van der Waals surface area contributed by atoms with Crippen molar-refractivity contribution >= 4 is 35.5 Å². The Morgan fingerprint density at radius 1 is 1.07 bits per heavy atom. The van der Waals surface area contributed by atoms with Gasteiger partial charge >= 0.3 is 0 Å².